The normalized spacial score (nSPS) is 24.7. The first-order valence-electron chi connectivity index (χ1n) is 7.84. The molecule has 2 aliphatic heterocycles. The van der Waals surface area contributed by atoms with Gasteiger partial charge in [-0.3, -0.25) is 4.79 Å². The summed E-state index contributed by atoms with van der Waals surface area (Å²) in [6.45, 7) is 0.415. The van der Waals surface area contributed by atoms with E-state index in [0.29, 0.717) is 0 Å². The number of carbonyl (C=O) groups excluding carboxylic acids is 2. The lowest BCUT2D eigenvalue weighted by Gasteiger charge is -2.44. The maximum Gasteiger partial charge on any atom is 0.319 e. The number of hydrogen-bond donors (Lipinski definition) is 1. The first kappa shape index (κ1) is 17.5. The van der Waals surface area contributed by atoms with Crippen LogP contribution >= 0.6 is 0 Å². The lowest BCUT2D eigenvalue weighted by atomic mass is 10.0. The van der Waals surface area contributed by atoms with Crippen LogP contribution in [0.5, 0.6) is 5.75 Å². The molecular formula is C15H20N4O5S. The van der Waals surface area contributed by atoms with E-state index in [9.17, 15) is 23.1 Å². The molecule has 0 unspecified atom stereocenters. The van der Waals surface area contributed by atoms with Gasteiger partial charge in [0.25, 0.3) is 5.91 Å². The first-order chi connectivity index (χ1) is 11.7. The fourth-order valence-electron chi connectivity index (χ4n) is 3.40. The van der Waals surface area contributed by atoms with E-state index < -0.39 is 27.8 Å². The Morgan fingerprint density at radius 2 is 1.80 bits per heavy atom. The van der Waals surface area contributed by atoms with Crippen LogP contribution in [0.1, 0.15) is 10.5 Å². The van der Waals surface area contributed by atoms with E-state index in [1.807, 2.05) is 0 Å². The van der Waals surface area contributed by atoms with Gasteiger partial charge in [0, 0.05) is 33.4 Å². The molecule has 136 valence electrons. The Kier molecular flexibility index (Phi) is 4.31. The molecule has 25 heavy (non-hydrogen) atoms. The highest BCUT2D eigenvalue weighted by Crippen LogP contribution is 2.29. The van der Waals surface area contributed by atoms with Crippen LogP contribution in [0.2, 0.25) is 0 Å². The zero-order valence-electron chi connectivity index (χ0n) is 14.0. The highest BCUT2D eigenvalue weighted by atomic mass is 32.2. The Bertz CT molecular complexity index is 810. The van der Waals surface area contributed by atoms with Crippen LogP contribution < -0.4 is 0 Å². The molecule has 0 radical (unpaired) electrons. The number of aromatic hydroxyl groups is 1. The van der Waals surface area contributed by atoms with Crippen LogP contribution in [0.3, 0.4) is 0 Å². The molecule has 2 atom stereocenters. The average molecular weight is 368 g/mol. The summed E-state index contributed by atoms with van der Waals surface area (Å²) in [6.07, 6.45) is 1.39. The quantitative estimate of drug-likeness (QED) is 0.708. The summed E-state index contributed by atoms with van der Waals surface area (Å²) in [5, 5.41) is 9.87. The SMILES string of the molecule is CN(C)C(=O)N1CCN(C(=O)c2ncccc2O)[C@@H]2CS(=O)(=O)C[C@@H]21. The number of aromatic nitrogens is 1. The number of sulfone groups is 1. The van der Waals surface area contributed by atoms with Gasteiger partial charge in [0.1, 0.15) is 5.75 Å². The van der Waals surface area contributed by atoms with Crippen LogP contribution in [0.4, 0.5) is 4.79 Å². The minimum Gasteiger partial charge on any atom is -0.505 e. The molecule has 1 aromatic rings. The number of rotatable bonds is 1. The van der Waals surface area contributed by atoms with Crippen molar-refractivity contribution in [3.63, 3.8) is 0 Å². The number of urea groups is 1. The second-order valence-corrected chi connectivity index (χ2v) is 8.61. The van der Waals surface area contributed by atoms with Crippen molar-refractivity contribution >= 4 is 21.8 Å². The lowest BCUT2D eigenvalue weighted by molar-refractivity contribution is 0.0386. The van der Waals surface area contributed by atoms with Gasteiger partial charge in [-0.15, -0.1) is 0 Å². The molecule has 2 saturated heterocycles. The van der Waals surface area contributed by atoms with E-state index in [-0.39, 0.29) is 42.1 Å². The van der Waals surface area contributed by atoms with E-state index in [2.05, 4.69) is 4.98 Å². The number of fused-ring (bicyclic) bond motifs is 1. The van der Waals surface area contributed by atoms with E-state index in [1.165, 1.54) is 33.0 Å². The Morgan fingerprint density at radius 1 is 1.20 bits per heavy atom. The smallest absolute Gasteiger partial charge is 0.319 e. The van der Waals surface area contributed by atoms with Crippen molar-refractivity contribution in [3.8, 4) is 5.75 Å². The van der Waals surface area contributed by atoms with Gasteiger partial charge in [-0.25, -0.2) is 18.2 Å². The Balaban J connectivity index is 1.93. The van der Waals surface area contributed by atoms with Gasteiger partial charge in [0.15, 0.2) is 15.5 Å². The highest BCUT2D eigenvalue weighted by molar-refractivity contribution is 7.91. The van der Waals surface area contributed by atoms with Crippen molar-refractivity contribution in [2.45, 2.75) is 12.1 Å². The molecule has 0 bridgehead atoms. The van der Waals surface area contributed by atoms with Gasteiger partial charge in [-0.05, 0) is 12.1 Å². The molecule has 3 heterocycles. The molecule has 3 amide bonds. The predicted molar refractivity (Wildman–Crippen MR) is 89.0 cm³/mol. The Hall–Kier alpha value is -2.36. The molecular weight excluding hydrogens is 348 g/mol. The van der Waals surface area contributed by atoms with Crippen molar-refractivity contribution in [2.24, 2.45) is 0 Å². The van der Waals surface area contributed by atoms with E-state index in [4.69, 9.17) is 0 Å². The summed E-state index contributed by atoms with van der Waals surface area (Å²) >= 11 is 0. The number of nitrogens with zero attached hydrogens (tertiary/aromatic N) is 4. The molecule has 10 heteroatoms. The molecule has 9 nitrogen and oxygen atoms in total. The third kappa shape index (κ3) is 3.13. The van der Waals surface area contributed by atoms with Crippen molar-refractivity contribution in [3.05, 3.63) is 24.0 Å². The summed E-state index contributed by atoms with van der Waals surface area (Å²) in [5.41, 5.74) is -0.113. The van der Waals surface area contributed by atoms with Gasteiger partial charge in [0.05, 0.1) is 23.6 Å². The third-order valence-electron chi connectivity index (χ3n) is 4.55. The number of amides is 3. The standard InChI is InChI=1S/C15H20N4O5S/c1-17(2)15(22)19-7-6-18(10-8-25(23,24)9-11(10)19)14(21)13-12(20)4-3-5-16-13/h3-5,10-11,20H,6-9H2,1-2H3/t10-,11+/m1/s1. The van der Waals surface area contributed by atoms with Crippen molar-refractivity contribution < 1.29 is 23.1 Å². The molecule has 0 spiro atoms. The van der Waals surface area contributed by atoms with Crippen molar-refractivity contribution in [1.29, 1.82) is 0 Å². The third-order valence-corrected chi connectivity index (χ3v) is 6.25. The summed E-state index contributed by atoms with van der Waals surface area (Å²) in [4.78, 5) is 33.4. The van der Waals surface area contributed by atoms with Crippen LogP contribution in [0, 0.1) is 0 Å². The van der Waals surface area contributed by atoms with Crippen LogP contribution in [0.15, 0.2) is 18.3 Å². The van der Waals surface area contributed by atoms with E-state index in [0.717, 1.165) is 0 Å². The molecule has 1 aromatic heterocycles. The van der Waals surface area contributed by atoms with Gasteiger partial charge >= 0.3 is 6.03 Å². The highest BCUT2D eigenvalue weighted by Gasteiger charge is 2.50. The maximum absolute atomic E-state index is 12.8. The monoisotopic (exact) mass is 368 g/mol. The molecule has 0 aliphatic carbocycles. The zero-order chi connectivity index (χ0) is 18.4. The summed E-state index contributed by atoms with van der Waals surface area (Å²) in [6, 6.07) is 1.34. The fourth-order valence-corrected chi connectivity index (χ4v) is 5.38. The molecule has 1 N–H and O–H groups in total. The summed E-state index contributed by atoms with van der Waals surface area (Å²) in [5.74, 6) is -1.15. The largest absolute Gasteiger partial charge is 0.505 e. The Morgan fingerprint density at radius 3 is 2.40 bits per heavy atom. The topological polar surface area (TPSA) is 111 Å². The van der Waals surface area contributed by atoms with E-state index in [1.54, 1.807) is 14.1 Å². The number of carbonyl (C=O) groups is 2. The fraction of sp³-hybridized carbons (Fsp3) is 0.533. The summed E-state index contributed by atoms with van der Waals surface area (Å²) in [7, 11) is -0.166. The zero-order valence-corrected chi connectivity index (χ0v) is 14.8. The molecule has 2 fully saturated rings. The predicted octanol–water partition coefficient (Wildman–Crippen LogP) is -0.608. The van der Waals surface area contributed by atoms with Crippen LogP contribution in [-0.2, 0) is 9.84 Å². The molecule has 0 saturated carbocycles. The first-order valence-corrected chi connectivity index (χ1v) is 9.66. The number of piperazine rings is 1. The van der Waals surface area contributed by atoms with Gasteiger partial charge in [-0.2, -0.15) is 0 Å². The number of pyridine rings is 1. The minimum absolute atomic E-state index is 0.113. The lowest BCUT2D eigenvalue weighted by Crippen LogP contribution is -2.63. The van der Waals surface area contributed by atoms with Gasteiger partial charge in [-0.1, -0.05) is 0 Å². The van der Waals surface area contributed by atoms with Gasteiger partial charge in [0.2, 0.25) is 0 Å². The van der Waals surface area contributed by atoms with Crippen molar-refractivity contribution in [2.75, 3.05) is 38.7 Å². The maximum atomic E-state index is 12.8. The van der Waals surface area contributed by atoms with Crippen molar-refractivity contribution in [1.82, 2.24) is 19.7 Å². The molecule has 3 rings (SSSR count). The number of hydrogen-bond acceptors (Lipinski definition) is 6. The van der Waals surface area contributed by atoms with E-state index >= 15 is 0 Å². The molecule has 0 aromatic carbocycles. The van der Waals surface area contributed by atoms with Crippen LogP contribution in [-0.4, -0.2) is 95.9 Å². The average Bonchev–Trinajstić information content (AvgIpc) is 2.87. The summed E-state index contributed by atoms with van der Waals surface area (Å²) < 4.78 is 24.3. The van der Waals surface area contributed by atoms with Crippen LogP contribution in [0.25, 0.3) is 0 Å². The Labute approximate surface area is 145 Å². The minimum atomic E-state index is -3.37. The second-order valence-electron chi connectivity index (χ2n) is 6.45. The van der Waals surface area contributed by atoms with Gasteiger partial charge < -0.3 is 19.8 Å². The molecule has 2 aliphatic rings. The second kappa shape index (κ2) is 6.17.